The fourth-order valence-corrected chi connectivity index (χ4v) is 2.03. The van der Waals surface area contributed by atoms with Crippen molar-refractivity contribution in [3.63, 3.8) is 0 Å². The number of carbonyl (C=O) groups is 1. The lowest BCUT2D eigenvalue weighted by molar-refractivity contribution is 0.0697. The van der Waals surface area contributed by atoms with Gasteiger partial charge in [0.2, 0.25) is 0 Å². The van der Waals surface area contributed by atoms with Gasteiger partial charge in [-0.3, -0.25) is 0 Å². The van der Waals surface area contributed by atoms with E-state index in [0.29, 0.717) is 5.82 Å². The Morgan fingerprint density at radius 3 is 2.56 bits per heavy atom. The molecule has 94 valence electrons. The smallest absolute Gasteiger partial charge is 0.339 e. The highest BCUT2D eigenvalue weighted by Gasteiger charge is 2.16. The summed E-state index contributed by atoms with van der Waals surface area (Å²) in [5.74, 6) is -0.388. The van der Waals surface area contributed by atoms with Crippen LogP contribution in [0.3, 0.4) is 0 Å². The van der Waals surface area contributed by atoms with E-state index in [1.165, 1.54) is 0 Å². The average molecular weight is 244 g/mol. The second-order valence-electron chi connectivity index (χ2n) is 4.03. The van der Waals surface area contributed by atoms with Gasteiger partial charge in [-0.05, 0) is 26.0 Å². The number of hydrogen-bond donors (Lipinski definition) is 1. The van der Waals surface area contributed by atoms with E-state index in [-0.39, 0.29) is 5.56 Å². The van der Waals surface area contributed by atoms with Crippen molar-refractivity contribution >= 4 is 22.7 Å². The predicted molar refractivity (Wildman–Crippen MR) is 72.3 cm³/mol. The van der Waals surface area contributed by atoms with Gasteiger partial charge in [0.1, 0.15) is 11.4 Å². The molecular formula is C14H16N2O2. The Balaban J connectivity index is 2.68. The molecule has 0 spiro atoms. The molecule has 0 aliphatic heterocycles. The zero-order valence-corrected chi connectivity index (χ0v) is 10.6. The van der Waals surface area contributed by atoms with Crippen LogP contribution in [0.15, 0.2) is 30.3 Å². The van der Waals surface area contributed by atoms with Gasteiger partial charge in [-0.2, -0.15) is 0 Å². The summed E-state index contributed by atoms with van der Waals surface area (Å²) in [6, 6.07) is 9.25. The summed E-state index contributed by atoms with van der Waals surface area (Å²) in [5.41, 5.74) is 1.09. The van der Waals surface area contributed by atoms with Gasteiger partial charge in [0, 0.05) is 18.5 Å². The number of benzene rings is 1. The standard InChI is InChI=1S/C14H16N2O2/c1-3-16(4-2)13-11(14(17)18)9-10-7-5-6-8-12(10)15-13/h5-9H,3-4H2,1-2H3,(H,17,18). The predicted octanol–water partition coefficient (Wildman–Crippen LogP) is 2.78. The first-order chi connectivity index (χ1) is 8.67. The van der Waals surface area contributed by atoms with E-state index >= 15 is 0 Å². The van der Waals surface area contributed by atoms with Crippen LogP contribution in [0.5, 0.6) is 0 Å². The molecule has 0 bridgehead atoms. The van der Waals surface area contributed by atoms with Gasteiger partial charge in [0.05, 0.1) is 5.52 Å². The Hall–Kier alpha value is -2.10. The number of aromatic carboxylic acids is 1. The summed E-state index contributed by atoms with van der Waals surface area (Å²) in [7, 11) is 0. The van der Waals surface area contributed by atoms with Crippen molar-refractivity contribution in [3.8, 4) is 0 Å². The molecule has 0 aliphatic rings. The topological polar surface area (TPSA) is 53.4 Å². The largest absolute Gasteiger partial charge is 0.478 e. The average Bonchev–Trinajstić information content (AvgIpc) is 2.39. The van der Waals surface area contributed by atoms with Crippen LogP contribution in [0.2, 0.25) is 0 Å². The van der Waals surface area contributed by atoms with Crippen LogP contribution in [-0.4, -0.2) is 29.1 Å². The number of carboxylic acid groups (broad SMARTS) is 1. The van der Waals surface area contributed by atoms with Crippen molar-refractivity contribution in [2.75, 3.05) is 18.0 Å². The lowest BCUT2D eigenvalue weighted by Gasteiger charge is -2.22. The number of carboxylic acids is 1. The summed E-state index contributed by atoms with van der Waals surface area (Å²) < 4.78 is 0. The number of fused-ring (bicyclic) bond motifs is 1. The van der Waals surface area contributed by atoms with E-state index in [2.05, 4.69) is 4.98 Å². The van der Waals surface area contributed by atoms with Gasteiger partial charge in [-0.15, -0.1) is 0 Å². The summed E-state index contributed by atoms with van der Waals surface area (Å²) in [6.07, 6.45) is 0. The molecule has 1 heterocycles. The fourth-order valence-electron chi connectivity index (χ4n) is 2.03. The SMILES string of the molecule is CCN(CC)c1nc2ccccc2cc1C(=O)O. The molecule has 2 rings (SSSR count). The third-order valence-electron chi connectivity index (χ3n) is 3.00. The molecule has 0 saturated heterocycles. The van der Waals surface area contributed by atoms with Crippen molar-refractivity contribution in [2.24, 2.45) is 0 Å². The van der Waals surface area contributed by atoms with Gasteiger partial charge in [-0.1, -0.05) is 18.2 Å². The van der Waals surface area contributed by atoms with Crippen LogP contribution in [-0.2, 0) is 0 Å². The first-order valence-electron chi connectivity index (χ1n) is 6.05. The lowest BCUT2D eigenvalue weighted by atomic mass is 10.1. The summed E-state index contributed by atoms with van der Waals surface area (Å²) >= 11 is 0. The first kappa shape index (κ1) is 12.4. The molecule has 0 radical (unpaired) electrons. The molecule has 0 fully saturated rings. The van der Waals surface area contributed by atoms with Gasteiger partial charge >= 0.3 is 5.97 Å². The molecule has 0 unspecified atom stereocenters. The van der Waals surface area contributed by atoms with Crippen molar-refractivity contribution in [1.29, 1.82) is 0 Å². The number of nitrogens with zero attached hydrogens (tertiary/aromatic N) is 2. The lowest BCUT2D eigenvalue weighted by Crippen LogP contribution is -2.25. The van der Waals surface area contributed by atoms with E-state index in [1.54, 1.807) is 6.07 Å². The zero-order chi connectivity index (χ0) is 13.1. The van der Waals surface area contributed by atoms with Gasteiger partial charge < -0.3 is 10.0 Å². The Morgan fingerprint density at radius 2 is 1.94 bits per heavy atom. The number of hydrogen-bond acceptors (Lipinski definition) is 3. The molecule has 2 aromatic rings. The van der Waals surface area contributed by atoms with Crippen LogP contribution in [0.25, 0.3) is 10.9 Å². The van der Waals surface area contributed by atoms with Crippen molar-refractivity contribution in [2.45, 2.75) is 13.8 Å². The van der Waals surface area contributed by atoms with E-state index in [1.807, 2.05) is 43.0 Å². The normalized spacial score (nSPS) is 10.6. The van der Waals surface area contributed by atoms with E-state index in [9.17, 15) is 9.90 Å². The van der Waals surface area contributed by atoms with Crippen LogP contribution in [0.1, 0.15) is 24.2 Å². The van der Waals surface area contributed by atoms with Gasteiger partial charge in [0.25, 0.3) is 0 Å². The number of para-hydroxylation sites is 1. The monoisotopic (exact) mass is 244 g/mol. The molecule has 0 saturated carbocycles. The summed E-state index contributed by atoms with van der Waals surface area (Å²) in [6.45, 7) is 5.46. The zero-order valence-electron chi connectivity index (χ0n) is 10.6. The fraction of sp³-hybridized carbons (Fsp3) is 0.286. The number of rotatable bonds is 4. The second-order valence-corrected chi connectivity index (χ2v) is 4.03. The van der Waals surface area contributed by atoms with E-state index in [4.69, 9.17) is 0 Å². The maximum atomic E-state index is 11.3. The van der Waals surface area contributed by atoms with E-state index < -0.39 is 5.97 Å². The number of pyridine rings is 1. The molecule has 0 aliphatic carbocycles. The molecule has 1 aromatic heterocycles. The van der Waals surface area contributed by atoms with Crippen molar-refractivity contribution in [1.82, 2.24) is 4.98 Å². The van der Waals surface area contributed by atoms with Crippen LogP contribution < -0.4 is 4.90 Å². The molecule has 18 heavy (non-hydrogen) atoms. The molecule has 4 nitrogen and oxygen atoms in total. The number of aromatic nitrogens is 1. The number of anilines is 1. The Kier molecular flexibility index (Phi) is 3.46. The van der Waals surface area contributed by atoms with Gasteiger partial charge in [-0.25, -0.2) is 9.78 Å². The minimum Gasteiger partial charge on any atom is -0.478 e. The Bertz CT molecular complexity index is 577. The Labute approximate surface area is 106 Å². The quantitative estimate of drug-likeness (QED) is 0.898. The third-order valence-corrected chi connectivity index (χ3v) is 3.00. The van der Waals surface area contributed by atoms with Gasteiger partial charge in [0.15, 0.2) is 0 Å². The second kappa shape index (κ2) is 5.04. The molecule has 1 N–H and O–H groups in total. The maximum Gasteiger partial charge on any atom is 0.339 e. The maximum absolute atomic E-state index is 11.3. The summed E-state index contributed by atoms with van der Waals surface area (Å²) in [5, 5.41) is 10.2. The first-order valence-corrected chi connectivity index (χ1v) is 6.05. The van der Waals surface area contributed by atoms with Crippen LogP contribution >= 0.6 is 0 Å². The summed E-state index contributed by atoms with van der Waals surface area (Å²) in [4.78, 5) is 17.8. The highest BCUT2D eigenvalue weighted by Crippen LogP contribution is 2.23. The Morgan fingerprint density at radius 1 is 1.28 bits per heavy atom. The van der Waals surface area contributed by atoms with Crippen molar-refractivity contribution < 1.29 is 9.90 Å². The molecular weight excluding hydrogens is 228 g/mol. The molecule has 0 atom stereocenters. The molecule has 1 aromatic carbocycles. The van der Waals surface area contributed by atoms with E-state index in [0.717, 1.165) is 24.0 Å². The highest BCUT2D eigenvalue weighted by atomic mass is 16.4. The minimum absolute atomic E-state index is 0.261. The van der Waals surface area contributed by atoms with Crippen molar-refractivity contribution in [3.05, 3.63) is 35.9 Å². The third kappa shape index (κ3) is 2.14. The molecule has 4 heteroatoms. The van der Waals surface area contributed by atoms with Crippen LogP contribution in [0.4, 0.5) is 5.82 Å². The highest BCUT2D eigenvalue weighted by molar-refractivity contribution is 5.98. The van der Waals surface area contributed by atoms with Crippen LogP contribution in [0, 0.1) is 0 Å². The minimum atomic E-state index is -0.935. The molecule has 0 amide bonds.